The highest BCUT2D eigenvalue weighted by atomic mass is 16.5. The second-order valence-electron chi connectivity index (χ2n) is 12.1. The Hall–Kier alpha value is -4.83. The summed E-state index contributed by atoms with van der Waals surface area (Å²) in [5.74, 6) is 3.13. The summed E-state index contributed by atoms with van der Waals surface area (Å²) < 4.78 is 15.4. The fraction of sp³-hybridized carbons (Fsp3) is 0.343. The first-order chi connectivity index (χ1) is 21.8. The number of aliphatic hydroxyl groups excluding tert-OH is 1. The molecule has 0 saturated carbocycles. The number of aryl methyl sites for hydroxylation is 4. The van der Waals surface area contributed by atoms with Crippen molar-refractivity contribution < 1.29 is 14.6 Å². The Morgan fingerprint density at radius 1 is 1.07 bits per heavy atom. The van der Waals surface area contributed by atoms with Gasteiger partial charge in [0.2, 0.25) is 0 Å². The molecule has 7 rings (SSSR count). The molecule has 45 heavy (non-hydrogen) atoms. The van der Waals surface area contributed by atoms with Crippen molar-refractivity contribution in [3.8, 4) is 22.6 Å². The standard InChI is InChI=1S/C35H38N6O4/c1-22-14-29-31(39(3)35(22)43)17-33(40-13-11-26(42)20-40)37-34(29)41-12-5-6-24-15-28(25-18-36-38(2)19-25)32(16-30(24)41)45-21-23-7-9-27(44-4)10-8-23/h7-10,14-19,26,42H,5-6,11-13,20-21H2,1-4H3. The van der Waals surface area contributed by atoms with Crippen LogP contribution < -0.4 is 24.8 Å². The summed E-state index contributed by atoms with van der Waals surface area (Å²) in [6, 6.07) is 16.2. The molecule has 2 aromatic carbocycles. The Balaban J connectivity index is 1.37. The monoisotopic (exact) mass is 606 g/mol. The minimum atomic E-state index is -0.389. The molecule has 0 amide bonds. The molecule has 1 saturated heterocycles. The number of anilines is 3. The number of ether oxygens (including phenoxy) is 2. The molecule has 1 unspecified atom stereocenters. The number of hydrogen-bond acceptors (Lipinski definition) is 8. The van der Waals surface area contributed by atoms with Crippen LogP contribution in [0.15, 0.2) is 65.7 Å². The molecule has 10 nitrogen and oxygen atoms in total. The van der Waals surface area contributed by atoms with E-state index in [-0.39, 0.29) is 11.7 Å². The molecule has 0 radical (unpaired) electrons. The molecule has 1 N–H and O–H groups in total. The van der Waals surface area contributed by atoms with Crippen LogP contribution in [0.2, 0.25) is 0 Å². The zero-order valence-corrected chi connectivity index (χ0v) is 26.2. The van der Waals surface area contributed by atoms with Gasteiger partial charge in [-0.05, 0) is 61.6 Å². The normalized spacial score (nSPS) is 16.3. The smallest absolute Gasteiger partial charge is 0.253 e. The third-order valence-electron chi connectivity index (χ3n) is 8.98. The maximum absolute atomic E-state index is 13.0. The predicted octanol–water partition coefficient (Wildman–Crippen LogP) is 4.89. The number of fused-ring (bicyclic) bond motifs is 2. The van der Waals surface area contributed by atoms with Crippen molar-refractivity contribution in [1.82, 2.24) is 19.3 Å². The Morgan fingerprint density at radius 2 is 1.89 bits per heavy atom. The Bertz CT molecular complexity index is 1950. The number of pyridine rings is 2. The van der Waals surface area contributed by atoms with E-state index in [9.17, 15) is 9.90 Å². The summed E-state index contributed by atoms with van der Waals surface area (Å²) in [7, 11) is 5.40. The average molecular weight is 607 g/mol. The molecule has 0 aliphatic carbocycles. The Kier molecular flexibility index (Phi) is 7.45. The number of aromatic nitrogens is 4. The van der Waals surface area contributed by atoms with Crippen LogP contribution in [0.25, 0.3) is 22.0 Å². The van der Waals surface area contributed by atoms with Gasteiger partial charge in [0.25, 0.3) is 5.56 Å². The first-order valence-electron chi connectivity index (χ1n) is 15.4. The van der Waals surface area contributed by atoms with Gasteiger partial charge in [0.15, 0.2) is 0 Å². The van der Waals surface area contributed by atoms with E-state index in [0.717, 1.165) is 75.8 Å². The van der Waals surface area contributed by atoms with Gasteiger partial charge in [-0.25, -0.2) is 4.98 Å². The van der Waals surface area contributed by atoms with Crippen molar-refractivity contribution in [3.63, 3.8) is 0 Å². The summed E-state index contributed by atoms with van der Waals surface area (Å²) in [5.41, 5.74) is 6.73. The summed E-state index contributed by atoms with van der Waals surface area (Å²) in [6.45, 7) is 4.25. The summed E-state index contributed by atoms with van der Waals surface area (Å²) in [6.07, 6.45) is 6.06. The van der Waals surface area contributed by atoms with Crippen molar-refractivity contribution in [2.75, 3.05) is 36.5 Å². The van der Waals surface area contributed by atoms with Gasteiger partial charge in [-0.3, -0.25) is 9.48 Å². The van der Waals surface area contributed by atoms with Crippen molar-refractivity contribution in [1.29, 1.82) is 0 Å². The lowest BCUT2D eigenvalue weighted by Gasteiger charge is -2.33. The van der Waals surface area contributed by atoms with E-state index < -0.39 is 0 Å². The van der Waals surface area contributed by atoms with Gasteiger partial charge in [-0.1, -0.05) is 12.1 Å². The average Bonchev–Trinajstić information content (AvgIpc) is 3.70. The SMILES string of the molecule is COc1ccc(COc2cc3c(cc2-c2cnn(C)c2)CCCN3c2nc(N3CCC(O)C3)cc3c2cc(C)c(=O)n3C)cc1. The molecule has 10 heteroatoms. The van der Waals surface area contributed by atoms with E-state index >= 15 is 0 Å². The fourth-order valence-electron chi connectivity index (χ4n) is 6.52. The maximum atomic E-state index is 13.0. The van der Waals surface area contributed by atoms with Crippen molar-refractivity contribution in [2.45, 2.75) is 38.9 Å². The third kappa shape index (κ3) is 5.39. The van der Waals surface area contributed by atoms with Gasteiger partial charge in [0.1, 0.15) is 29.7 Å². The molecule has 1 fully saturated rings. The molecule has 2 aliphatic rings. The second-order valence-corrected chi connectivity index (χ2v) is 12.1. The number of rotatable bonds is 7. The van der Waals surface area contributed by atoms with Gasteiger partial charge in [-0.15, -0.1) is 0 Å². The quantitative estimate of drug-likeness (QED) is 0.280. The van der Waals surface area contributed by atoms with Crippen molar-refractivity contribution >= 4 is 28.2 Å². The van der Waals surface area contributed by atoms with Crippen LogP contribution in [0.3, 0.4) is 0 Å². The number of β-amino-alcohol motifs (C(OH)–C–C–N with tert-alkyl or cyclic N) is 1. The molecule has 5 aromatic rings. The van der Waals surface area contributed by atoms with Crippen LogP contribution in [0.4, 0.5) is 17.3 Å². The van der Waals surface area contributed by atoms with Crippen molar-refractivity contribution in [2.24, 2.45) is 14.1 Å². The zero-order chi connectivity index (χ0) is 31.2. The van der Waals surface area contributed by atoms with E-state index in [2.05, 4.69) is 27.0 Å². The Labute approximate surface area is 262 Å². The summed E-state index contributed by atoms with van der Waals surface area (Å²) in [4.78, 5) is 22.7. The van der Waals surface area contributed by atoms with Crippen LogP contribution in [-0.4, -0.2) is 57.3 Å². The summed E-state index contributed by atoms with van der Waals surface area (Å²) >= 11 is 0. The molecule has 1 atom stereocenters. The number of benzene rings is 2. The van der Waals surface area contributed by atoms with E-state index in [1.54, 1.807) is 16.4 Å². The highest BCUT2D eigenvalue weighted by Gasteiger charge is 2.28. The molecular weight excluding hydrogens is 568 g/mol. The highest BCUT2D eigenvalue weighted by Crippen LogP contribution is 2.43. The minimum absolute atomic E-state index is 0.0265. The minimum Gasteiger partial charge on any atom is -0.497 e. The molecule has 2 aliphatic heterocycles. The van der Waals surface area contributed by atoms with Gasteiger partial charge < -0.3 is 28.9 Å². The summed E-state index contributed by atoms with van der Waals surface area (Å²) in [5, 5.41) is 15.7. The molecule has 5 heterocycles. The predicted molar refractivity (Wildman–Crippen MR) is 176 cm³/mol. The van der Waals surface area contributed by atoms with E-state index in [1.165, 1.54) is 5.56 Å². The molecule has 232 valence electrons. The van der Waals surface area contributed by atoms with Gasteiger partial charge in [-0.2, -0.15) is 5.10 Å². The van der Waals surface area contributed by atoms with Crippen molar-refractivity contribution in [3.05, 3.63) is 88.0 Å². The van der Waals surface area contributed by atoms with E-state index in [4.69, 9.17) is 14.5 Å². The second kappa shape index (κ2) is 11.6. The lowest BCUT2D eigenvalue weighted by atomic mass is 9.96. The highest BCUT2D eigenvalue weighted by molar-refractivity contribution is 5.95. The zero-order valence-electron chi connectivity index (χ0n) is 26.2. The largest absolute Gasteiger partial charge is 0.497 e. The number of nitrogens with zero attached hydrogens (tertiary/aromatic N) is 6. The van der Waals surface area contributed by atoms with Crippen LogP contribution in [0.5, 0.6) is 11.5 Å². The molecule has 3 aromatic heterocycles. The van der Waals surface area contributed by atoms with E-state index in [0.29, 0.717) is 31.7 Å². The third-order valence-corrected chi connectivity index (χ3v) is 8.98. The molecular formula is C35H38N6O4. The van der Waals surface area contributed by atoms with Crippen LogP contribution in [-0.2, 0) is 27.1 Å². The number of aliphatic hydroxyl groups is 1. The van der Waals surface area contributed by atoms with E-state index in [1.807, 2.05) is 69.8 Å². The molecule has 0 spiro atoms. The first-order valence-corrected chi connectivity index (χ1v) is 15.4. The lowest BCUT2D eigenvalue weighted by molar-refractivity contribution is 0.198. The van der Waals surface area contributed by atoms with Crippen LogP contribution in [0.1, 0.15) is 29.5 Å². The first kappa shape index (κ1) is 28.9. The number of methoxy groups -OCH3 is 1. The number of hydrogen-bond donors (Lipinski definition) is 1. The Morgan fingerprint density at radius 3 is 2.60 bits per heavy atom. The van der Waals surface area contributed by atoms with Crippen LogP contribution in [0, 0.1) is 6.92 Å². The molecule has 0 bridgehead atoms. The van der Waals surface area contributed by atoms with Gasteiger partial charge in [0.05, 0.1) is 24.9 Å². The van der Waals surface area contributed by atoms with Gasteiger partial charge in [0, 0.05) is 79.8 Å². The topological polar surface area (TPSA) is 97.9 Å². The lowest BCUT2D eigenvalue weighted by Crippen LogP contribution is -2.29. The van der Waals surface area contributed by atoms with Gasteiger partial charge >= 0.3 is 0 Å². The van der Waals surface area contributed by atoms with Crippen LogP contribution >= 0.6 is 0 Å². The fourth-order valence-corrected chi connectivity index (χ4v) is 6.52. The maximum Gasteiger partial charge on any atom is 0.253 e.